The van der Waals surface area contributed by atoms with Crippen molar-refractivity contribution in [1.29, 1.82) is 0 Å². The monoisotopic (exact) mass is 283 g/mol. The van der Waals surface area contributed by atoms with Crippen molar-refractivity contribution in [3.8, 4) is 0 Å². The third-order valence-electron chi connectivity index (χ3n) is 4.19. The first kappa shape index (κ1) is 17.2. The van der Waals surface area contributed by atoms with Crippen LogP contribution < -0.4 is 5.32 Å². The molecule has 1 aliphatic rings. The molecule has 1 amide bonds. The molecule has 2 atom stereocenters. The van der Waals surface area contributed by atoms with Gasteiger partial charge in [0.15, 0.2) is 0 Å². The summed E-state index contributed by atoms with van der Waals surface area (Å²) in [4.78, 5) is 24.5. The molecule has 3 heteroatoms. The first-order valence-electron chi connectivity index (χ1n) is 7.86. The van der Waals surface area contributed by atoms with E-state index < -0.39 is 0 Å². The third kappa shape index (κ3) is 4.60. The average Bonchev–Trinajstić information content (AvgIpc) is 2.33. The second-order valence-electron chi connectivity index (χ2n) is 8.23. The molecule has 1 saturated carbocycles. The normalized spacial score (nSPS) is 24.3. The lowest BCUT2D eigenvalue weighted by Gasteiger charge is -2.35. The zero-order chi connectivity index (χ0) is 15.6. The minimum absolute atomic E-state index is 0. The number of nitrogens with one attached hydrogen (secondary N) is 1. The predicted octanol–water partition coefficient (Wildman–Crippen LogP) is 3.82. The standard InChI is InChI=1S/C17H31NO2.H2/c1-16(2,3)14(19)13-10-8-7-9-12(13)11-18-15(20)17(4,5)6;/h12-13H,7-11H2,1-6H3,(H,18,20);1H. The highest BCUT2D eigenvalue weighted by atomic mass is 16.2. The van der Waals surface area contributed by atoms with E-state index in [2.05, 4.69) is 5.32 Å². The molecule has 0 aromatic rings. The van der Waals surface area contributed by atoms with E-state index in [0.29, 0.717) is 18.2 Å². The van der Waals surface area contributed by atoms with Crippen molar-refractivity contribution in [3.05, 3.63) is 0 Å². The summed E-state index contributed by atoms with van der Waals surface area (Å²) in [7, 11) is 0. The Hall–Kier alpha value is -0.860. The van der Waals surface area contributed by atoms with E-state index in [1.165, 1.54) is 6.42 Å². The smallest absolute Gasteiger partial charge is 0.225 e. The fraction of sp³-hybridized carbons (Fsp3) is 0.882. The Bertz CT molecular complexity index is 366. The summed E-state index contributed by atoms with van der Waals surface area (Å²) in [6.07, 6.45) is 4.34. The third-order valence-corrected chi connectivity index (χ3v) is 4.19. The van der Waals surface area contributed by atoms with Crippen LogP contribution in [0.2, 0.25) is 0 Å². The van der Waals surface area contributed by atoms with Crippen molar-refractivity contribution in [2.24, 2.45) is 22.7 Å². The van der Waals surface area contributed by atoms with Gasteiger partial charge in [-0.2, -0.15) is 0 Å². The van der Waals surface area contributed by atoms with Crippen LogP contribution in [0.4, 0.5) is 0 Å². The fourth-order valence-electron chi connectivity index (χ4n) is 2.84. The number of rotatable bonds is 3. The van der Waals surface area contributed by atoms with Crippen molar-refractivity contribution in [2.75, 3.05) is 6.54 Å². The van der Waals surface area contributed by atoms with Crippen molar-refractivity contribution >= 4 is 11.7 Å². The van der Waals surface area contributed by atoms with Crippen LogP contribution in [-0.2, 0) is 9.59 Å². The molecular formula is C17H33NO2. The number of carbonyl (C=O) groups excluding carboxylic acids is 2. The molecule has 1 N–H and O–H groups in total. The van der Waals surface area contributed by atoms with Crippen LogP contribution in [0.25, 0.3) is 0 Å². The average molecular weight is 283 g/mol. The maximum atomic E-state index is 12.6. The molecule has 1 aliphatic carbocycles. The zero-order valence-corrected chi connectivity index (χ0v) is 14.0. The van der Waals surface area contributed by atoms with E-state index in [1.807, 2.05) is 41.5 Å². The Labute approximate surface area is 125 Å². The van der Waals surface area contributed by atoms with Gasteiger partial charge in [0, 0.05) is 24.7 Å². The van der Waals surface area contributed by atoms with E-state index >= 15 is 0 Å². The molecule has 1 fully saturated rings. The molecule has 3 nitrogen and oxygen atoms in total. The molecule has 118 valence electrons. The van der Waals surface area contributed by atoms with E-state index in [1.54, 1.807) is 0 Å². The molecule has 0 aliphatic heterocycles. The van der Waals surface area contributed by atoms with Gasteiger partial charge >= 0.3 is 0 Å². The maximum Gasteiger partial charge on any atom is 0.225 e. The fourth-order valence-corrected chi connectivity index (χ4v) is 2.84. The Morgan fingerprint density at radius 2 is 1.55 bits per heavy atom. The van der Waals surface area contributed by atoms with Gasteiger partial charge in [0.05, 0.1) is 0 Å². The lowest BCUT2D eigenvalue weighted by molar-refractivity contribution is -0.134. The highest BCUT2D eigenvalue weighted by molar-refractivity contribution is 5.86. The van der Waals surface area contributed by atoms with Crippen LogP contribution in [0.3, 0.4) is 0 Å². The summed E-state index contributed by atoms with van der Waals surface area (Å²) in [6, 6.07) is 0. The summed E-state index contributed by atoms with van der Waals surface area (Å²) in [5.74, 6) is 0.850. The van der Waals surface area contributed by atoms with Crippen LogP contribution in [-0.4, -0.2) is 18.2 Å². The van der Waals surface area contributed by atoms with Crippen LogP contribution in [0.15, 0.2) is 0 Å². The van der Waals surface area contributed by atoms with Crippen molar-refractivity contribution in [2.45, 2.75) is 67.2 Å². The molecule has 2 unspecified atom stereocenters. The second-order valence-corrected chi connectivity index (χ2v) is 8.23. The van der Waals surface area contributed by atoms with E-state index in [-0.39, 0.29) is 24.1 Å². The first-order valence-corrected chi connectivity index (χ1v) is 7.86. The number of hydrogen-bond acceptors (Lipinski definition) is 2. The van der Waals surface area contributed by atoms with Crippen molar-refractivity contribution in [3.63, 3.8) is 0 Å². The molecule has 0 radical (unpaired) electrons. The summed E-state index contributed by atoms with van der Waals surface area (Å²) >= 11 is 0. The van der Waals surface area contributed by atoms with Crippen molar-refractivity contribution in [1.82, 2.24) is 5.32 Å². The molecule has 0 heterocycles. The second kappa shape index (κ2) is 6.28. The molecule has 0 saturated heterocycles. The van der Waals surface area contributed by atoms with E-state index in [4.69, 9.17) is 0 Å². The summed E-state index contributed by atoms with van der Waals surface area (Å²) in [6.45, 7) is 12.4. The molecule has 0 aromatic carbocycles. The summed E-state index contributed by atoms with van der Waals surface area (Å²) in [5.41, 5.74) is -0.646. The van der Waals surface area contributed by atoms with Crippen molar-refractivity contribution < 1.29 is 11.0 Å². The highest BCUT2D eigenvalue weighted by Crippen LogP contribution is 2.35. The van der Waals surface area contributed by atoms with Gasteiger partial charge in [-0.15, -0.1) is 0 Å². The summed E-state index contributed by atoms with van der Waals surface area (Å²) < 4.78 is 0. The molecule has 1 rings (SSSR count). The van der Waals surface area contributed by atoms with E-state index in [9.17, 15) is 9.59 Å². The summed E-state index contributed by atoms with van der Waals surface area (Å²) in [5, 5.41) is 3.04. The number of amides is 1. The molecule has 0 bridgehead atoms. The maximum absolute atomic E-state index is 12.6. The largest absolute Gasteiger partial charge is 0.355 e. The van der Waals surface area contributed by atoms with Crippen LogP contribution in [0, 0.1) is 22.7 Å². The van der Waals surface area contributed by atoms with Gasteiger partial charge in [-0.3, -0.25) is 9.59 Å². The van der Waals surface area contributed by atoms with Gasteiger partial charge in [-0.25, -0.2) is 0 Å². The van der Waals surface area contributed by atoms with E-state index in [0.717, 1.165) is 19.3 Å². The van der Waals surface area contributed by atoms with Gasteiger partial charge < -0.3 is 5.32 Å². The van der Waals surface area contributed by atoms with Crippen LogP contribution >= 0.6 is 0 Å². The SMILES string of the molecule is CC(C)(C)C(=O)NCC1CCCCC1C(=O)C(C)(C)C.[HH]. The number of Topliss-reactive ketones (excluding diaryl/α,β-unsaturated/α-hetero) is 1. The Morgan fingerprint density at radius 3 is 2.05 bits per heavy atom. The molecule has 0 aromatic heterocycles. The minimum atomic E-state index is -0.363. The Morgan fingerprint density at radius 1 is 1.00 bits per heavy atom. The number of carbonyl (C=O) groups is 2. The highest BCUT2D eigenvalue weighted by Gasteiger charge is 2.36. The van der Waals surface area contributed by atoms with Gasteiger partial charge in [0.1, 0.15) is 5.78 Å². The van der Waals surface area contributed by atoms with Gasteiger partial charge in [-0.05, 0) is 18.8 Å². The van der Waals surface area contributed by atoms with Crippen LogP contribution in [0.1, 0.15) is 68.7 Å². The van der Waals surface area contributed by atoms with Crippen LogP contribution in [0.5, 0.6) is 0 Å². The quantitative estimate of drug-likeness (QED) is 0.856. The number of hydrogen-bond donors (Lipinski definition) is 1. The lowest BCUT2D eigenvalue weighted by atomic mass is 9.70. The van der Waals surface area contributed by atoms with Gasteiger partial charge in [0.25, 0.3) is 0 Å². The zero-order valence-electron chi connectivity index (χ0n) is 14.0. The van der Waals surface area contributed by atoms with Gasteiger partial charge in [-0.1, -0.05) is 54.4 Å². The lowest BCUT2D eigenvalue weighted by Crippen LogP contribution is -2.43. The minimum Gasteiger partial charge on any atom is -0.355 e. The first-order chi connectivity index (χ1) is 9.03. The Kier molecular flexibility index (Phi) is 5.39. The number of ketones is 1. The topological polar surface area (TPSA) is 46.2 Å². The predicted molar refractivity (Wildman–Crippen MR) is 84.5 cm³/mol. The molecular weight excluding hydrogens is 250 g/mol. The van der Waals surface area contributed by atoms with Gasteiger partial charge in [0.2, 0.25) is 5.91 Å². The molecule has 20 heavy (non-hydrogen) atoms. The Balaban J connectivity index is 0.00000400. The molecule has 0 spiro atoms.